The van der Waals surface area contributed by atoms with Gasteiger partial charge < -0.3 is 9.32 Å². The number of fused-ring (bicyclic) bond motifs is 7. The summed E-state index contributed by atoms with van der Waals surface area (Å²) in [5.41, 5.74) is 19.3. The Balaban J connectivity index is 0.923. The van der Waals surface area contributed by atoms with E-state index in [1.54, 1.807) is 0 Å². The van der Waals surface area contributed by atoms with Crippen LogP contribution >= 0.6 is 0 Å². The largest absolute Gasteiger partial charge is 0.456 e. The van der Waals surface area contributed by atoms with E-state index in [4.69, 9.17) is 4.42 Å². The molecule has 0 spiro atoms. The van der Waals surface area contributed by atoms with Gasteiger partial charge in [0.05, 0.1) is 16.5 Å². The molecule has 1 aliphatic rings. The maximum absolute atomic E-state index is 6.46. The summed E-state index contributed by atoms with van der Waals surface area (Å²) in [6.07, 6.45) is 0. The fraction of sp³-hybridized carbons (Fsp3) is 0.0154. The fourth-order valence-corrected chi connectivity index (χ4v) is 10.9. The minimum absolute atomic E-state index is 0.462. The number of hydrogen-bond acceptors (Lipinski definition) is 2. The lowest BCUT2D eigenvalue weighted by atomic mass is 9.67. The number of para-hydroxylation sites is 1. The van der Waals surface area contributed by atoms with E-state index in [1.807, 2.05) is 6.07 Å². The van der Waals surface area contributed by atoms with E-state index in [9.17, 15) is 0 Å². The van der Waals surface area contributed by atoms with Crippen molar-refractivity contribution in [3.05, 3.63) is 283 Å². The highest BCUT2D eigenvalue weighted by Gasteiger charge is 2.46. The van der Waals surface area contributed by atoms with Gasteiger partial charge in [-0.3, -0.25) is 0 Å². The third-order valence-corrected chi connectivity index (χ3v) is 14.0. The molecular formula is C65H43NO. The van der Waals surface area contributed by atoms with Crippen molar-refractivity contribution in [2.24, 2.45) is 0 Å². The van der Waals surface area contributed by atoms with Crippen LogP contribution in [0.1, 0.15) is 22.3 Å². The quantitative estimate of drug-likeness (QED) is 0.151. The van der Waals surface area contributed by atoms with E-state index < -0.39 is 5.41 Å². The van der Waals surface area contributed by atoms with Crippen molar-refractivity contribution >= 4 is 49.8 Å². The van der Waals surface area contributed by atoms with E-state index in [2.05, 4.69) is 260 Å². The second kappa shape index (κ2) is 15.8. The molecule has 0 unspecified atom stereocenters. The average Bonchev–Trinajstić information content (AvgIpc) is 3.94. The Labute approximate surface area is 390 Å². The predicted molar refractivity (Wildman–Crippen MR) is 280 cm³/mol. The molecule has 0 saturated carbocycles. The fourth-order valence-electron chi connectivity index (χ4n) is 10.9. The summed E-state index contributed by atoms with van der Waals surface area (Å²) >= 11 is 0. The SMILES string of the molecule is c1ccc(C2(c3ccccc3)c3ccccc3-c3ccc(-c4ccc(N(c5ccc(-c6cccc(-c7cccc8ccccc78)c6)cc5)c5cccc6oc7ccccc7c56)cc4)cc32)cc1. The average molecular weight is 854 g/mol. The van der Waals surface area contributed by atoms with Crippen LogP contribution in [0.5, 0.6) is 0 Å². The van der Waals surface area contributed by atoms with Gasteiger partial charge in [-0.25, -0.2) is 0 Å². The van der Waals surface area contributed by atoms with Gasteiger partial charge >= 0.3 is 0 Å². The van der Waals surface area contributed by atoms with E-state index in [-0.39, 0.29) is 0 Å². The van der Waals surface area contributed by atoms with Crippen LogP contribution in [-0.2, 0) is 5.41 Å². The molecule has 0 radical (unpaired) electrons. The van der Waals surface area contributed by atoms with Crippen LogP contribution in [0, 0.1) is 0 Å². The van der Waals surface area contributed by atoms with Crippen molar-refractivity contribution < 1.29 is 4.42 Å². The summed E-state index contributed by atoms with van der Waals surface area (Å²) in [5.74, 6) is 0. The summed E-state index contributed by atoms with van der Waals surface area (Å²) in [6.45, 7) is 0. The van der Waals surface area contributed by atoms with E-state index in [1.165, 1.54) is 66.4 Å². The summed E-state index contributed by atoms with van der Waals surface area (Å²) in [6, 6.07) is 94.9. The molecule has 0 saturated heterocycles. The Morgan fingerprint density at radius 1 is 0.313 bits per heavy atom. The zero-order valence-corrected chi connectivity index (χ0v) is 36.7. The van der Waals surface area contributed by atoms with Crippen LogP contribution in [0.15, 0.2) is 265 Å². The molecule has 13 rings (SSSR count). The van der Waals surface area contributed by atoms with Crippen molar-refractivity contribution in [3.63, 3.8) is 0 Å². The molecule has 1 aliphatic carbocycles. The Morgan fingerprint density at radius 2 is 0.836 bits per heavy atom. The van der Waals surface area contributed by atoms with Gasteiger partial charge in [-0.2, -0.15) is 0 Å². The first-order valence-corrected chi connectivity index (χ1v) is 23.1. The third kappa shape index (κ3) is 6.26. The number of benzene rings is 11. The Bertz CT molecular complexity index is 3750. The molecule has 12 aromatic rings. The van der Waals surface area contributed by atoms with Crippen molar-refractivity contribution in [1.82, 2.24) is 0 Å². The molecular weight excluding hydrogens is 811 g/mol. The van der Waals surface area contributed by atoms with Crippen LogP contribution in [0.3, 0.4) is 0 Å². The van der Waals surface area contributed by atoms with Gasteiger partial charge in [-0.1, -0.05) is 206 Å². The van der Waals surface area contributed by atoms with Crippen molar-refractivity contribution in [2.45, 2.75) is 5.41 Å². The standard InChI is InChI=1S/C65H43NO/c1-3-20-50(21-4-1)65(51-22-5-2-6-23-51)59-28-11-9-25-56(59)57-41-36-48(43-60(57)65)45-34-39-53(40-35-45)66(61-29-15-31-63-64(61)58-26-10-12-30-62(58)67-63)52-37-32-44(33-38-52)47-18-13-19-49(42-47)55-27-14-17-46-16-7-8-24-54(46)55/h1-43H. The summed E-state index contributed by atoms with van der Waals surface area (Å²) in [7, 11) is 0. The second-order valence-electron chi connectivity index (χ2n) is 17.6. The first-order valence-electron chi connectivity index (χ1n) is 23.1. The topological polar surface area (TPSA) is 16.4 Å². The lowest BCUT2D eigenvalue weighted by Gasteiger charge is -2.34. The molecule has 1 heterocycles. The molecule has 2 nitrogen and oxygen atoms in total. The van der Waals surface area contributed by atoms with Crippen molar-refractivity contribution in [2.75, 3.05) is 4.90 Å². The lowest BCUT2D eigenvalue weighted by molar-refractivity contribution is 0.669. The summed E-state index contributed by atoms with van der Waals surface area (Å²) < 4.78 is 6.46. The molecule has 11 aromatic carbocycles. The molecule has 0 bridgehead atoms. The van der Waals surface area contributed by atoms with Gasteiger partial charge in [0, 0.05) is 16.8 Å². The summed E-state index contributed by atoms with van der Waals surface area (Å²) in [5, 5.41) is 4.69. The van der Waals surface area contributed by atoms with Crippen molar-refractivity contribution in [1.29, 1.82) is 0 Å². The van der Waals surface area contributed by atoms with Gasteiger partial charge in [0.15, 0.2) is 0 Å². The minimum Gasteiger partial charge on any atom is -0.456 e. The molecule has 0 aliphatic heterocycles. The maximum Gasteiger partial charge on any atom is 0.137 e. The Hall–Kier alpha value is -8.72. The molecule has 0 amide bonds. The first kappa shape index (κ1) is 38.7. The smallest absolute Gasteiger partial charge is 0.137 e. The zero-order valence-electron chi connectivity index (χ0n) is 36.7. The normalized spacial score (nSPS) is 12.6. The van der Waals surface area contributed by atoms with Gasteiger partial charge in [0.1, 0.15) is 11.2 Å². The Kier molecular flexibility index (Phi) is 9.11. The first-order chi connectivity index (χ1) is 33.2. The molecule has 0 fully saturated rings. The van der Waals surface area contributed by atoms with Crippen LogP contribution in [-0.4, -0.2) is 0 Å². The van der Waals surface area contributed by atoms with E-state index in [0.29, 0.717) is 0 Å². The van der Waals surface area contributed by atoms with Crippen LogP contribution < -0.4 is 4.90 Å². The van der Waals surface area contributed by atoms with Crippen LogP contribution in [0.2, 0.25) is 0 Å². The third-order valence-electron chi connectivity index (χ3n) is 14.0. The van der Waals surface area contributed by atoms with Gasteiger partial charge in [0.2, 0.25) is 0 Å². The minimum atomic E-state index is -0.462. The monoisotopic (exact) mass is 853 g/mol. The van der Waals surface area contributed by atoms with E-state index >= 15 is 0 Å². The summed E-state index contributed by atoms with van der Waals surface area (Å²) in [4.78, 5) is 2.37. The molecule has 2 heteroatoms. The predicted octanol–water partition coefficient (Wildman–Crippen LogP) is 17.6. The molecule has 0 N–H and O–H groups in total. The number of anilines is 3. The Morgan fingerprint density at radius 3 is 1.58 bits per heavy atom. The number of hydrogen-bond donors (Lipinski definition) is 0. The van der Waals surface area contributed by atoms with Gasteiger partial charge in [-0.15, -0.1) is 0 Å². The molecule has 67 heavy (non-hydrogen) atoms. The van der Waals surface area contributed by atoms with Gasteiger partial charge in [-0.05, 0) is 132 Å². The van der Waals surface area contributed by atoms with Crippen molar-refractivity contribution in [3.8, 4) is 44.5 Å². The highest BCUT2D eigenvalue weighted by molar-refractivity contribution is 6.13. The highest BCUT2D eigenvalue weighted by atomic mass is 16.3. The second-order valence-corrected chi connectivity index (χ2v) is 17.6. The molecule has 1 aromatic heterocycles. The molecule has 314 valence electrons. The molecule has 0 atom stereocenters. The maximum atomic E-state index is 6.46. The zero-order chi connectivity index (χ0) is 44.3. The van der Waals surface area contributed by atoms with E-state index in [0.717, 1.165) is 50.1 Å². The number of rotatable bonds is 8. The lowest BCUT2D eigenvalue weighted by Crippen LogP contribution is -2.28. The van der Waals surface area contributed by atoms with Crippen LogP contribution in [0.25, 0.3) is 77.2 Å². The van der Waals surface area contributed by atoms with Crippen LogP contribution in [0.4, 0.5) is 17.1 Å². The number of furan rings is 1. The number of nitrogens with zero attached hydrogens (tertiary/aromatic N) is 1. The highest BCUT2D eigenvalue weighted by Crippen LogP contribution is 2.57. The van der Waals surface area contributed by atoms with Gasteiger partial charge in [0.25, 0.3) is 0 Å².